The molecule has 1 fully saturated rings. The summed E-state index contributed by atoms with van der Waals surface area (Å²) >= 11 is 0. The van der Waals surface area contributed by atoms with E-state index in [2.05, 4.69) is 20.5 Å². The number of aliphatic hydroxyl groups excluding tert-OH is 1. The van der Waals surface area contributed by atoms with Gasteiger partial charge in [-0.15, -0.1) is 0 Å². The zero-order valence-electron chi connectivity index (χ0n) is 18.8. The third kappa shape index (κ3) is 3.96. The molecular formula is C23H30N6O4. The maximum Gasteiger partial charge on any atom is 0.338 e. The monoisotopic (exact) mass is 454 g/mol. The third-order valence-electron chi connectivity index (χ3n) is 6.49. The SMILES string of the molecule is CN(C)CCNc1ccc(C2Nc3nccc(C(=O)O)c3N2C2(C(N)=O)CCCC2O)cc1. The van der Waals surface area contributed by atoms with E-state index in [1.54, 1.807) is 4.90 Å². The highest BCUT2D eigenvalue weighted by molar-refractivity contribution is 6.02. The maximum atomic E-state index is 12.8. The summed E-state index contributed by atoms with van der Waals surface area (Å²) in [7, 11) is 4.02. The van der Waals surface area contributed by atoms with Gasteiger partial charge in [0.05, 0.1) is 17.4 Å². The number of fused-ring (bicyclic) bond motifs is 1. The second kappa shape index (κ2) is 8.87. The van der Waals surface area contributed by atoms with Crippen molar-refractivity contribution < 1.29 is 19.8 Å². The Morgan fingerprint density at radius 3 is 2.61 bits per heavy atom. The molecule has 4 rings (SSSR count). The number of aromatic nitrogens is 1. The minimum atomic E-state index is -1.45. The van der Waals surface area contributed by atoms with Crippen LogP contribution in [0.1, 0.15) is 41.3 Å². The van der Waals surface area contributed by atoms with Gasteiger partial charge in [-0.3, -0.25) is 4.79 Å². The number of benzene rings is 1. The molecule has 1 aromatic carbocycles. The second-order valence-corrected chi connectivity index (χ2v) is 8.83. The molecule has 176 valence electrons. The van der Waals surface area contributed by atoms with Crippen molar-refractivity contribution in [2.24, 2.45) is 5.73 Å². The van der Waals surface area contributed by atoms with Crippen molar-refractivity contribution in [3.8, 4) is 0 Å². The zero-order valence-corrected chi connectivity index (χ0v) is 18.8. The molecule has 1 amide bonds. The number of rotatable bonds is 8. The molecule has 2 heterocycles. The van der Waals surface area contributed by atoms with Crippen LogP contribution in [0.2, 0.25) is 0 Å². The van der Waals surface area contributed by atoms with Crippen LogP contribution >= 0.6 is 0 Å². The van der Waals surface area contributed by atoms with Gasteiger partial charge in [0.1, 0.15) is 11.7 Å². The molecule has 1 aromatic heterocycles. The molecule has 2 aliphatic rings. The molecule has 3 unspecified atom stereocenters. The van der Waals surface area contributed by atoms with E-state index in [4.69, 9.17) is 5.73 Å². The Kier molecular flexibility index (Phi) is 6.13. The van der Waals surface area contributed by atoms with Gasteiger partial charge < -0.3 is 36.4 Å². The van der Waals surface area contributed by atoms with Gasteiger partial charge in [-0.25, -0.2) is 9.78 Å². The molecule has 1 saturated carbocycles. The van der Waals surface area contributed by atoms with Gasteiger partial charge in [0.15, 0.2) is 5.82 Å². The normalized spacial score (nSPS) is 23.9. The molecule has 10 heteroatoms. The number of anilines is 3. The summed E-state index contributed by atoms with van der Waals surface area (Å²) in [5.41, 5.74) is 6.43. The van der Waals surface area contributed by atoms with Crippen LogP contribution in [0.4, 0.5) is 17.2 Å². The fraction of sp³-hybridized carbons (Fsp3) is 0.435. The minimum Gasteiger partial charge on any atom is -0.478 e. The largest absolute Gasteiger partial charge is 0.478 e. The first-order chi connectivity index (χ1) is 15.8. The molecule has 0 saturated heterocycles. The van der Waals surface area contributed by atoms with Crippen LogP contribution in [0.25, 0.3) is 0 Å². The lowest BCUT2D eigenvalue weighted by molar-refractivity contribution is -0.126. The van der Waals surface area contributed by atoms with Crippen LogP contribution < -0.4 is 21.3 Å². The average Bonchev–Trinajstić information content (AvgIpc) is 3.34. The number of pyridine rings is 1. The zero-order chi connectivity index (χ0) is 23.8. The summed E-state index contributed by atoms with van der Waals surface area (Å²) in [6.45, 7) is 1.67. The predicted molar refractivity (Wildman–Crippen MR) is 125 cm³/mol. The fourth-order valence-electron chi connectivity index (χ4n) is 4.83. The highest BCUT2D eigenvalue weighted by Gasteiger charge is 2.57. The Hall–Kier alpha value is -3.37. The first kappa shape index (κ1) is 22.8. The molecule has 6 N–H and O–H groups in total. The number of primary amides is 1. The van der Waals surface area contributed by atoms with Crippen molar-refractivity contribution in [2.45, 2.75) is 37.1 Å². The molecule has 1 aliphatic heterocycles. The van der Waals surface area contributed by atoms with E-state index >= 15 is 0 Å². The van der Waals surface area contributed by atoms with Gasteiger partial charge >= 0.3 is 5.97 Å². The molecule has 0 bridgehead atoms. The summed E-state index contributed by atoms with van der Waals surface area (Å²) in [4.78, 5) is 32.9. The van der Waals surface area contributed by atoms with E-state index in [1.807, 2.05) is 38.4 Å². The third-order valence-corrected chi connectivity index (χ3v) is 6.49. The number of carbonyl (C=O) groups is 2. The van der Waals surface area contributed by atoms with Gasteiger partial charge in [-0.1, -0.05) is 12.1 Å². The maximum absolute atomic E-state index is 12.8. The summed E-state index contributed by atoms with van der Waals surface area (Å²) in [6, 6.07) is 9.07. The molecule has 3 atom stereocenters. The number of carbonyl (C=O) groups excluding carboxylic acids is 1. The van der Waals surface area contributed by atoms with E-state index in [-0.39, 0.29) is 11.3 Å². The van der Waals surface area contributed by atoms with E-state index in [0.717, 1.165) is 24.3 Å². The van der Waals surface area contributed by atoms with Crippen LogP contribution in [0.3, 0.4) is 0 Å². The van der Waals surface area contributed by atoms with Gasteiger partial charge in [0.25, 0.3) is 0 Å². The Bertz CT molecular complexity index is 1040. The Balaban J connectivity index is 1.76. The van der Waals surface area contributed by atoms with Gasteiger partial charge in [-0.2, -0.15) is 0 Å². The summed E-state index contributed by atoms with van der Waals surface area (Å²) < 4.78 is 0. The van der Waals surface area contributed by atoms with Crippen molar-refractivity contribution in [2.75, 3.05) is 42.7 Å². The molecule has 33 heavy (non-hydrogen) atoms. The van der Waals surface area contributed by atoms with Crippen molar-refractivity contribution in [3.05, 3.63) is 47.7 Å². The van der Waals surface area contributed by atoms with Gasteiger partial charge in [0.2, 0.25) is 5.91 Å². The van der Waals surface area contributed by atoms with E-state index in [0.29, 0.717) is 25.1 Å². The fourth-order valence-corrected chi connectivity index (χ4v) is 4.83. The lowest BCUT2D eigenvalue weighted by Gasteiger charge is -2.43. The number of carboxylic acid groups (broad SMARTS) is 1. The predicted octanol–water partition coefficient (Wildman–Crippen LogP) is 1.45. The highest BCUT2D eigenvalue weighted by atomic mass is 16.4. The number of hydrogen-bond acceptors (Lipinski definition) is 8. The molecule has 0 spiro atoms. The molecule has 2 aromatic rings. The molecule has 0 radical (unpaired) electrons. The quantitative estimate of drug-likeness (QED) is 0.400. The number of carboxylic acids is 1. The van der Waals surface area contributed by atoms with Gasteiger partial charge in [0, 0.05) is 25.0 Å². The summed E-state index contributed by atoms with van der Waals surface area (Å²) in [6.07, 6.45) is 1.08. The van der Waals surface area contributed by atoms with Crippen LogP contribution in [-0.2, 0) is 4.79 Å². The molecule has 10 nitrogen and oxygen atoms in total. The number of amides is 1. The smallest absolute Gasteiger partial charge is 0.338 e. The Morgan fingerprint density at radius 1 is 1.30 bits per heavy atom. The van der Waals surface area contributed by atoms with Crippen molar-refractivity contribution >= 4 is 29.1 Å². The lowest BCUT2D eigenvalue weighted by Crippen LogP contribution is -2.63. The number of likely N-dealkylation sites (N-methyl/N-ethyl adjacent to an activating group) is 1. The summed E-state index contributed by atoms with van der Waals surface area (Å²) in [5, 5.41) is 27.4. The van der Waals surface area contributed by atoms with Crippen LogP contribution in [0, 0.1) is 0 Å². The number of aliphatic hydroxyl groups is 1. The van der Waals surface area contributed by atoms with E-state index < -0.39 is 29.7 Å². The Labute approximate surface area is 192 Å². The molecular weight excluding hydrogens is 424 g/mol. The van der Waals surface area contributed by atoms with Crippen molar-refractivity contribution in [1.82, 2.24) is 9.88 Å². The van der Waals surface area contributed by atoms with Crippen LogP contribution in [-0.4, -0.2) is 70.8 Å². The lowest BCUT2D eigenvalue weighted by atomic mass is 9.89. The first-order valence-electron chi connectivity index (χ1n) is 11.0. The van der Waals surface area contributed by atoms with Crippen molar-refractivity contribution in [3.63, 3.8) is 0 Å². The number of hydrogen-bond donors (Lipinski definition) is 5. The highest BCUT2D eigenvalue weighted by Crippen LogP contribution is 2.51. The second-order valence-electron chi connectivity index (χ2n) is 8.83. The number of nitrogens with one attached hydrogen (secondary N) is 2. The van der Waals surface area contributed by atoms with E-state index in [1.165, 1.54) is 12.3 Å². The van der Waals surface area contributed by atoms with Crippen LogP contribution in [0.5, 0.6) is 0 Å². The number of nitrogens with zero attached hydrogens (tertiary/aromatic N) is 3. The van der Waals surface area contributed by atoms with E-state index in [9.17, 15) is 19.8 Å². The minimum absolute atomic E-state index is 0.00306. The molecule has 1 aliphatic carbocycles. The average molecular weight is 455 g/mol. The standard InChI is InChI=1S/C23H30N6O4/c1-28(2)13-12-25-15-7-5-14(6-8-15)20-27-19-18(16(21(31)32)9-11-26-19)29(20)23(22(24)33)10-3-4-17(23)30/h5-9,11,17,20,25,30H,3-4,10,12-13H2,1-2H3,(H2,24,33)(H,26,27)(H,31,32). The topological polar surface area (TPSA) is 144 Å². The first-order valence-corrected chi connectivity index (χ1v) is 11.0. The van der Waals surface area contributed by atoms with Crippen LogP contribution in [0.15, 0.2) is 36.5 Å². The summed E-state index contributed by atoms with van der Waals surface area (Å²) in [5.74, 6) is -1.49. The number of aromatic carboxylic acids is 1. The van der Waals surface area contributed by atoms with Gasteiger partial charge in [-0.05, 0) is 57.1 Å². The van der Waals surface area contributed by atoms with Crippen molar-refractivity contribution in [1.29, 1.82) is 0 Å². The Morgan fingerprint density at radius 2 is 2.03 bits per heavy atom. The number of nitrogens with two attached hydrogens (primary N) is 1.